The van der Waals surface area contributed by atoms with Crippen molar-refractivity contribution in [3.05, 3.63) is 75.6 Å². The zero-order chi connectivity index (χ0) is 23.5. The Morgan fingerprint density at radius 3 is 2.64 bits per heavy atom. The van der Waals surface area contributed by atoms with E-state index in [0.29, 0.717) is 34.6 Å². The maximum Gasteiger partial charge on any atom is 0.262 e. The van der Waals surface area contributed by atoms with Gasteiger partial charge in [0.25, 0.3) is 5.91 Å². The number of hydrogen-bond acceptors (Lipinski definition) is 6. The lowest BCUT2D eigenvalue weighted by Crippen LogP contribution is -2.13. The van der Waals surface area contributed by atoms with Crippen LogP contribution in [0.5, 0.6) is 11.5 Å². The van der Waals surface area contributed by atoms with E-state index in [2.05, 4.69) is 15.4 Å². The fraction of sp³-hybridized carbons (Fsp3) is 0.174. The molecule has 0 aliphatic carbocycles. The number of methoxy groups -OCH3 is 2. The molecular formula is C23H20ClFN4O3S. The molecule has 0 radical (unpaired) electrons. The first-order valence-corrected chi connectivity index (χ1v) is 11.1. The molecule has 2 aromatic heterocycles. The minimum Gasteiger partial charge on any atom is -0.497 e. The van der Waals surface area contributed by atoms with Crippen molar-refractivity contribution in [3.63, 3.8) is 0 Å². The lowest BCUT2D eigenvalue weighted by molar-refractivity contribution is 0.102. The molecule has 2 aromatic carbocycles. The van der Waals surface area contributed by atoms with E-state index in [4.69, 9.17) is 21.1 Å². The van der Waals surface area contributed by atoms with E-state index in [1.54, 1.807) is 45.4 Å². The van der Waals surface area contributed by atoms with Gasteiger partial charge in [-0.1, -0.05) is 23.7 Å². The topological polar surface area (TPSA) is 78.3 Å². The van der Waals surface area contributed by atoms with Gasteiger partial charge in [0.05, 0.1) is 37.7 Å². The third kappa shape index (κ3) is 4.84. The van der Waals surface area contributed by atoms with Crippen LogP contribution in [-0.4, -0.2) is 34.9 Å². The van der Waals surface area contributed by atoms with E-state index in [1.165, 1.54) is 28.2 Å². The highest BCUT2D eigenvalue weighted by Gasteiger charge is 2.22. The summed E-state index contributed by atoms with van der Waals surface area (Å²) in [4.78, 5) is 17.5. The van der Waals surface area contributed by atoms with Crippen molar-refractivity contribution in [2.45, 2.75) is 13.5 Å². The van der Waals surface area contributed by atoms with Gasteiger partial charge in [-0.2, -0.15) is 5.10 Å². The second-order valence-electron chi connectivity index (χ2n) is 7.09. The van der Waals surface area contributed by atoms with Crippen LogP contribution in [0.3, 0.4) is 0 Å². The van der Waals surface area contributed by atoms with Gasteiger partial charge in [0.2, 0.25) is 0 Å². The van der Waals surface area contributed by atoms with E-state index in [9.17, 15) is 9.18 Å². The number of benzene rings is 2. The maximum atomic E-state index is 13.2. The van der Waals surface area contributed by atoms with Crippen molar-refractivity contribution >= 4 is 34.0 Å². The minimum atomic E-state index is -0.415. The Labute approximate surface area is 198 Å². The SMILES string of the molecule is COc1ccc(OC)c(-c2csc(NC(=O)c3c(C)nn(Cc4ccc(F)cc4)c3Cl)n2)c1. The molecule has 7 nitrogen and oxygen atoms in total. The van der Waals surface area contributed by atoms with Crippen LogP contribution in [0.4, 0.5) is 9.52 Å². The van der Waals surface area contributed by atoms with Crippen LogP contribution in [0.15, 0.2) is 47.8 Å². The van der Waals surface area contributed by atoms with Gasteiger partial charge in [-0.25, -0.2) is 14.1 Å². The Bertz CT molecular complexity index is 1300. The van der Waals surface area contributed by atoms with Crippen molar-refractivity contribution < 1.29 is 18.7 Å². The van der Waals surface area contributed by atoms with Crippen LogP contribution in [0.25, 0.3) is 11.3 Å². The number of halogens is 2. The highest BCUT2D eigenvalue weighted by molar-refractivity contribution is 7.14. The molecule has 0 fully saturated rings. The van der Waals surface area contributed by atoms with Crippen LogP contribution >= 0.6 is 22.9 Å². The number of thiazole rings is 1. The second-order valence-corrected chi connectivity index (χ2v) is 8.31. The normalized spacial score (nSPS) is 10.8. The molecule has 170 valence electrons. The molecule has 0 saturated heterocycles. The monoisotopic (exact) mass is 486 g/mol. The standard InChI is InChI=1S/C23H20ClFN4O3S/c1-13-20(21(24)29(28-13)11-14-4-6-15(25)7-5-14)22(30)27-23-26-18(12-33-23)17-10-16(31-2)8-9-19(17)32-3/h4-10,12H,11H2,1-3H3,(H,26,27,30). The molecule has 4 aromatic rings. The number of carbonyl (C=O) groups is 1. The number of ether oxygens (including phenoxy) is 2. The highest BCUT2D eigenvalue weighted by atomic mass is 35.5. The van der Waals surface area contributed by atoms with E-state index in [-0.39, 0.29) is 16.5 Å². The molecule has 1 N–H and O–H groups in total. The molecule has 0 bridgehead atoms. The third-order valence-electron chi connectivity index (χ3n) is 4.95. The first-order chi connectivity index (χ1) is 15.9. The Balaban J connectivity index is 1.55. The van der Waals surface area contributed by atoms with Crippen molar-refractivity contribution in [3.8, 4) is 22.8 Å². The number of rotatable bonds is 7. The lowest BCUT2D eigenvalue weighted by atomic mass is 10.1. The third-order valence-corrected chi connectivity index (χ3v) is 6.09. The van der Waals surface area contributed by atoms with Gasteiger partial charge < -0.3 is 9.47 Å². The summed E-state index contributed by atoms with van der Waals surface area (Å²) in [6, 6.07) is 11.4. The quantitative estimate of drug-likeness (QED) is 0.377. The van der Waals surface area contributed by atoms with Gasteiger partial charge in [-0.05, 0) is 42.8 Å². The van der Waals surface area contributed by atoms with Crippen LogP contribution < -0.4 is 14.8 Å². The summed E-state index contributed by atoms with van der Waals surface area (Å²) < 4.78 is 25.4. The summed E-state index contributed by atoms with van der Waals surface area (Å²) in [5.74, 6) is 0.567. The summed E-state index contributed by atoms with van der Waals surface area (Å²) >= 11 is 7.74. The Hall–Kier alpha value is -3.43. The van der Waals surface area contributed by atoms with E-state index in [0.717, 1.165) is 11.1 Å². The molecule has 1 amide bonds. The molecular weight excluding hydrogens is 467 g/mol. The van der Waals surface area contributed by atoms with Crippen LogP contribution in [-0.2, 0) is 6.54 Å². The molecule has 0 aliphatic heterocycles. The number of aryl methyl sites for hydroxylation is 1. The van der Waals surface area contributed by atoms with E-state index < -0.39 is 5.91 Å². The zero-order valence-corrected chi connectivity index (χ0v) is 19.6. The van der Waals surface area contributed by atoms with Crippen LogP contribution in [0.1, 0.15) is 21.6 Å². The van der Waals surface area contributed by atoms with Gasteiger partial charge in [-0.15, -0.1) is 11.3 Å². The van der Waals surface area contributed by atoms with Gasteiger partial charge in [0.1, 0.15) is 22.5 Å². The number of nitrogens with zero attached hydrogens (tertiary/aromatic N) is 3. The number of hydrogen-bond donors (Lipinski definition) is 1. The van der Waals surface area contributed by atoms with E-state index in [1.807, 2.05) is 11.4 Å². The molecule has 0 saturated carbocycles. The van der Waals surface area contributed by atoms with Crippen molar-refractivity contribution in [2.24, 2.45) is 0 Å². The highest BCUT2D eigenvalue weighted by Crippen LogP contribution is 2.35. The smallest absolute Gasteiger partial charge is 0.262 e. The molecule has 4 rings (SSSR count). The first-order valence-electron chi connectivity index (χ1n) is 9.86. The van der Waals surface area contributed by atoms with Gasteiger partial charge >= 0.3 is 0 Å². The number of anilines is 1. The fourth-order valence-corrected chi connectivity index (χ4v) is 4.33. The molecule has 2 heterocycles. The Kier molecular flexibility index (Phi) is 6.62. The first kappa shape index (κ1) is 22.8. The molecule has 0 aliphatic rings. The molecule has 0 unspecified atom stereocenters. The van der Waals surface area contributed by atoms with Crippen molar-refractivity contribution in [2.75, 3.05) is 19.5 Å². The molecule has 0 spiro atoms. The van der Waals surface area contributed by atoms with Gasteiger partial charge in [-0.3, -0.25) is 10.1 Å². The van der Waals surface area contributed by atoms with Crippen molar-refractivity contribution in [1.29, 1.82) is 0 Å². The number of nitrogens with one attached hydrogen (secondary N) is 1. The van der Waals surface area contributed by atoms with Gasteiger partial charge in [0, 0.05) is 10.9 Å². The average molecular weight is 487 g/mol. The predicted molar refractivity (Wildman–Crippen MR) is 126 cm³/mol. The van der Waals surface area contributed by atoms with Crippen LogP contribution in [0, 0.1) is 12.7 Å². The van der Waals surface area contributed by atoms with Gasteiger partial charge in [0.15, 0.2) is 5.13 Å². The Morgan fingerprint density at radius 2 is 1.94 bits per heavy atom. The predicted octanol–water partition coefficient (Wildman–Crippen LogP) is 5.43. The molecule has 33 heavy (non-hydrogen) atoms. The Morgan fingerprint density at radius 1 is 1.18 bits per heavy atom. The average Bonchev–Trinajstić information content (AvgIpc) is 3.38. The fourth-order valence-electron chi connectivity index (χ4n) is 3.31. The largest absolute Gasteiger partial charge is 0.497 e. The lowest BCUT2D eigenvalue weighted by Gasteiger charge is -2.08. The summed E-state index contributed by atoms with van der Waals surface area (Å²) in [5.41, 5.74) is 2.93. The summed E-state index contributed by atoms with van der Waals surface area (Å²) in [6.45, 7) is 2.01. The second kappa shape index (κ2) is 9.60. The van der Waals surface area contributed by atoms with Crippen LogP contribution in [0.2, 0.25) is 5.15 Å². The zero-order valence-electron chi connectivity index (χ0n) is 18.1. The maximum absolute atomic E-state index is 13.2. The summed E-state index contributed by atoms with van der Waals surface area (Å²) in [6.07, 6.45) is 0. The molecule has 0 atom stereocenters. The minimum absolute atomic E-state index is 0.195. The number of carbonyl (C=O) groups excluding carboxylic acids is 1. The molecule has 10 heteroatoms. The number of aromatic nitrogens is 3. The summed E-state index contributed by atoms with van der Waals surface area (Å²) in [5, 5.41) is 9.58. The van der Waals surface area contributed by atoms with Crippen molar-refractivity contribution in [1.82, 2.24) is 14.8 Å². The number of amides is 1. The summed E-state index contributed by atoms with van der Waals surface area (Å²) in [7, 11) is 3.16. The van der Waals surface area contributed by atoms with E-state index >= 15 is 0 Å².